The number of nitrogens with zero attached hydrogens (tertiary/aromatic N) is 3. The van der Waals surface area contributed by atoms with Gasteiger partial charge in [-0.2, -0.15) is 0 Å². The maximum Gasteiger partial charge on any atom is 0.342 e. The van der Waals surface area contributed by atoms with Gasteiger partial charge in [0.2, 0.25) is 0 Å². The van der Waals surface area contributed by atoms with Gasteiger partial charge in [-0.05, 0) is 13.3 Å². The molecule has 0 aliphatic heterocycles. The van der Waals surface area contributed by atoms with Gasteiger partial charge in [-0.3, -0.25) is 10.1 Å². The standard InChI is InChI=1S/C11H15N3O4/c1-4-7(2)13(3)10-5-8(11(15)16)9(6-12-10)14(17)18/h5-7H,4H2,1-3H3,(H,15,16). The summed E-state index contributed by atoms with van der Waals surface area (Å²) in [6, 6.07) is 1.40. The van der Waals surface area contributed by atoms with E-state index in [1.807, 2.05) is 13.8 Å². The van der Waals surface area contributed by atoms with Crippen molar-refractivity contribution >= 4 is 17.5 Å². The lowest BCUT2D eigenvalue weighted by Gasteiger charge is -2.24. The Hall–Kier alpha value is -2.18. The second kappa shape index (κ2) is 5.44. The van der Waals surface area contributed by atoms with Crippen molar-refractivity contribution in [3.05, 3.63) is 27.9 Å². The number of aromatic nitrogens is 1. The highest BCUT2D eigenvalue weighted by Gasteiger charge is 2.22. The number of nitro groups is 1. The summed E-state index contributed by atoms with van der Waals surface area (Å²) in [5.41, 5.74) is -0.844. The molecule has 1 atom stereocenters. The minimum Gasteiger partial charge on any atom is -0.477 e. The normalized spacial score (nSPS) is 11.9. The van der Waals surface area contributed by atoms with Gasteiger partial charge in [0.1, 0.15) is 17.6 Å². The molecule has 0 aliphatic carbocycles. The number of hydrogen-bond acceptors (Lipinski definition) is 5. The van der Waals surface area contributed by atoms with Crippen molar-refractivity contribution in [3.8, 4) is 0 Å². The highest BCUT2D eigenvalue weighted by Crippen LogP contribution is 2.23. The van der Waals surface area contributed by atoms with Crippen LogP contribution in [0.25, 0.3) is 0 Å². The summed E-state index contributed by atoms with van der Waals surface area (Å²) in [6.07, 6.45) is 1.84. The number of anilines is 1. The van der Waals surface area contributed by atoms with Crippen molar-refractivity contribution in [2.45, 2.75) is 26.3 Å². The van der Waals surface area contributed by atoms with Crippen molar-refractivity contribution in [2.75, 3.05) is 11.9 Å². The minimum atomic E-state index is -1.33. The largest absolute Gasteiger partial charge is 0.477 e. The van der Waals surface area contributed by atoms with Crippen LogP contribution in [0.3, 0.4) is 0 Å². The van der Waals surface area contributed by atoms with E-state index in [4.69, 9.17) is 5.11 Å². The predicted octanol–water partition coefficient (Wildman–Crippen LogP) is 1.92. The third kappa shape index (κ3) is 2.73. The average Bonchev–Trinajstić information content (AvgIpc) is 2.35. The summed E-state index contributed by atoms with van der Waals surface area (Å²) < 4.78 is 0. The lowest BCUT2D eigenvalue weighted by atomic mass is 10.2. The summed E-state index contributed by atoms with van der Waals surface area (Å²) in [4.78, 5) is 26.6. The SMILES string of the molecule is CCC(C)N(C)c1cc(C(=O)O)c([N+](=O)[O-])cn1. The third-order valence-electron chi connectivity index (χ3n) is 2.91. The Labute approximate surface area is 104 Å². The van der Waals surface area contributed by atoms with Crippen LogP contribution in [0.15, 0.2) is 12.3 Å². The van der Waals surface area contributed by atoms with Crippen LogP contribution in [0, 0.1) is 10.1 Å². The molecular weight excluding hydrogens is 238 g/mol. The number of pyridine rings is 1. The number of carboxylic acid groups (broad SMARTS) is 1. The molecule has 98 valence electrons. The molecule has 0 saturated carbocycles. The van der Waals surface area contributed by atoms with E-state index in [0.29, 0.717) is 5.82 Å². The molecule has 1 heterocycles. The fourth-order valence-electron chi connectivity index (χ4n) is 1.45. The molecule has 0 aliphatic rings. The monoisotopic (exact) mass is 253 g/mol. The Morgan fingerprint density at radius 3 is 2.72 bits per heavy atom. The molecule has 0 fully saturated rings. The molecule has 1 N–H and O–H groups in total. The number of hydrogen-bond donors (Lipinski definition) is 1. The van der Waals surface area contributed by atoms with Crippen LogP contribution in [-0.2, 0) is 0 Å². The van der Waals surface area contributed by atoms with Crippen molar-refractivity contribution < 1.29 is 14.8 Å². The molecule has 1 aromatic rings. The van der Waals surface area contributed by atoms with Gasteiger partial charge in [-0.1, -0.05) is 6.92 Å². The van der Waals surface area contributed by atoms with Crippen LogP contribution in [0.2, 0.25) is 0 Å². The molecule has 0 aromatic carbocycles. The number of aromatic carboxylic acids is 1. The molecular formula is C11H15N3O4. The number of carbonyl (C=O) groups is 1. The molecule has 0 spiro atoms. The number of rotatable bonds is 5. The summed E-state index contributed by atoms with van der Waals surface area (Å²) in [5, 5.41) is 19.7. The van der Waals surface area contributed by atoms with Crippen molar-refractivity contribution in [1.82, 2.24) is 4.98 Å². The van der Waals surface area contributed by atoms with Crippen LogP contribution in [0.4, 0.5) is 11.5 Å². The molecule has 18 heavy (non-hydrogen) atoms. The lowest BCUT2D eigenvalue weighted by molar-refractivity contribution is -0.385. The third-order valence-corrected chi connectivity index (χ3v) is 2.91. The maximum atomic E-state index is 11.0. The van der Waals surface area contributed by atoms with E-state index in [-0.39, 0.29) is 11.6 Å². The Morgan fingerprint density at radius 2 is 2.28 bits per heavy atom. The Kier molecular flexibility index (Phi) is 4.19. The minimum absolute atomic E-state index is 0.167. The van der Waals surface area contributed by atoms with E-state index in [1.165, 1.54) is 6.07 Å². The summed E-state index contributed by atoms with van der Waals surface area (Å²) in [6.45, 7) is 3.95. The fourth-order valence-corrected chi connectivity index (χ4v) is 1.45. The summed E-state index contributed by atoms with van der Waals surface area (Å²) in [5.74, 6) is -0.921. The van der Waals surface area contributed by atoms with E-state index in [1.54, 1.807) is 11.9 Å². The van der Waals surface area contributed by atoms with Crippen LogP contribution in [-0.4, -0.2) is 34.1 Å². The average molecular weight is 253 g/mol. The van der Waals surface area contributed by atoms with Gasteiger partial charge in [0, 0.05) is 19.2 Å². The molecule has 0 radical (unpaired) electrons. The maximum absolute atomic E-state index is 11.0. The molecule has 0 bridgehead atoms. The first-order valence-electron chi connectivity index (χ1n) is 5.49. The van der Waals surface area contributed by atoms with Gasteiger partial charge < -0.3 is 10.0 Å². The molecule has 1 rings (SSSR count). The first kappa shape index (κ1) is 13.9. The zero-order chi connectivity index (χ0) is 13.9. The Balaban J connectivity index is 3.23. The van der Waals surface area contributed by atoms with E-state index >= 15 is 0 Å². The zero-order valence-electron chi connectivity index (χ0n) is 10.5. The van der Waals surface area contributed by atoms with Gasteiger partial charge >= 0.3 is 11.7 Å². The second-order valence-corrected chi connectivity index (χ2v) is 3.99. The van der Waals surface area contributed by atoms with Gasteiger partial charge in [0.15, 0.2) is 0 Å². The molecule has 7 heteroatoms. The molecule has 7 nitrogen and oxygen atoms in total. The van der Waals surface area contributed by atoms with Gasteiger partial charge in [-0.15, -0.1) is 0 Å². The van der Waals surface area contributed by atoms with Crippen LogP contribution in [0.1, 0.15) is 30.6 Å². The zero-order valence-corrected chi connectivity index (χ0v) is 10.5. The van der Waals surface area contributed by atoms with E-state index in [9.17, 15) is 14.9 Å². The molecule has 0 amide bonds. The van der Waals surface area contributed by atoms with Crippen LogP contribution < -0.4 is 4.90 Å². The molecule has 1 unspecified atom stereocenters. The van der Waals surface area contributed by atoms with Crippen LogP contribution >= 0.6 is 0 Å². The van der Waals surface area contributed by atoms with Crippen molar-refractivity contribution in [3.63, 3.8) is 0 Å². The quantitative estimate of drug-likeness (QED) is 0.636. The highest BCUT2D eigenvalue weighted by atomic mass is 16.6. The summed E-state index contributed by atoms with van der Waals surface area (Å²) in [7, 11) is 1.77. The smallest absolute Gasteiger partial charge is 0.342 e. The van der Waals surface area contributed by atoms with Crippen molar-refractivity contribution in [2.24, 2.45) is 0 Å². The van der Waals surface area contributed by atoms with Crippen molar-refractivity contribution in [1.29, 1.82) is 0 Å². The van der Waals surface area contributed by atoms with Gasteiger partial charge in [-0.25, -0.2) is 9.78 Å². The Bertz CT molecular complexity index is 475. The van der Waals surface area contributed by atoms with Gasteiger partial charge in [0.05, 0.1) is 4.92 Å². The predicted molar refractivity (Wildman–Crippen MR) is 66.0 cm³/mol. The molecule has 1 aromatic heterocycles. The van der Waals surface area contributed by atoms with E-state index in [0.717, 1.165) is 12.6 Å². The van der Waals surface area contributed by atoms with E-state index in [2.05, 4.69) is 4.98 Å². The molecule has 0 saturated heterocycles. The Morgan fingerprint density at radius 1 is 1.67 bits per heavy atom. The number of carboxylic acids is 1. The second-order valence-electron chi connectivity index (χ2n) is 3.99. The highest BCUT2D eigenvalue weighted by molar-refractivity contribution is 5.93. The fraction of sp³-hybridized carbons (Fsp3) is 0.455. The topological polar surface area (TPSA) is 96.6 Å². The first-order chi connectivity index (χ1) is 8.38. The van der Waals surface area contributed by atoms with E-state index < -0.39 is 16.6 Å². The van der Waals surface area contributed by atoms with Crippen LogP contribution in [0.5, 0.6) is 0 Å². The first-order valence-corrected chi connectivity index (χ1v) is 5.49. The lowest BCUT2D eigenvalue weighted by Crippen LogP contribution is -2.29. The van der Waals surface area contributed by atoms with Gasteiger partial charge in [0.25, 0.3) is 0 Å². The summed E-state index contributed by atoms with van der Waals surface area (Å²) >= 11 is 0.